The van der Waals surface area contributed by atoms with E-state index < -0.39 is 0 Å². The molecule has 2 amide bonds. The highest BCUT2D eigenvalue weighted by atomic mass is 16.2. The van der Waals surface area contributed by atoms with Crippen molar-refractivity contribution in [3.8, 4) is 0 Å². The normalized spacial score (nSPS) is 15.9. The number of benzene rings is 1. The number of nitrogens with zero attached hydrogens (tertiary/aromatic N) is 2. The summed E-state index contributed by atoms with van der Waals surface area (Å²) in [6, 6.07) is 8.78. The van der Waals surface area contributed by atoms with Gasteiger partial charge in [-0.1, -0.05) is 52.0 Å². The Balaban J connectivity index is 1.84. The van der Waals surface area contributed by atoms with E-state index in [1.807, 2.05) is 0 Å². The second-order valence-electron chi connectivity index (χ2n) is 8.32. The molecule has 1 aliphatic rings. The molecular formula is C23H40N4O. The van der Waals surface area contributed by atoms with Gasteiger partial charge in [0.2, 0.25) is 0 Å². The molecule has 1 heterocycles. The van der Waals surface area contributed by atoms with Crippen LogP contribution in [-0.2, 0) is 13.1 Å². The maximum Gasteiger partial charge on any atom is 0.315 e. The Morgan fingerprint density at radius 3 is 2.32 bits per heavy atom. The number of likely N-dealkylation sites (tertiary alicyclic amines) is 1. The minimum absolute atomic E-state index is 0.0723. The molecule has 1 saturated heterocycles. The quantitative estimate of drug-likeness (QED) is 0.605. The van der Waals surface area contributed by atoms with E-state index in [0.717, 1.165) is 26.1 Å². The first-order chi connectivity index (χ1) is 13.5. The monoisotopic (exact) mass is 388 g/mol. The van der Waals surface area contributed by atoms with Gasteiger partial charge < -0.3 is 10.6 Å². The van der Waals surface area contributed by atoms with E-state index in [1.54, 1.807) is 0 Å². The molecular weight excluding hydrogens is 348 g/mol. The summed E-state index contributed by atoms with van der Waals surface area (Å²) in [5.41, 5.74) is 2.54. The Labute approximate surface area is 171 Å². The molecule has 1 aromatic rings. The van der Waals surface area contributed by atoms with Gasteiger partial charge in [-0.05, 0) is 62.5 Å². The number of hydrogen-bond acceptors (Lipinski definition) is 3. The van der Waals surface area contributed by atoms with Crippen LogP contribution in [0.25, 0.3) is 0 Å². The first-order valence-corrected chi connectivity index (χ1v) is 11.1. The molecule has 5 nitrogen and oxygen atoms in total. The summed E-state index contributed by atoms with van der Waals surface area (Å²) in [7, 11) is 0. The molecule has 1 aromatic carbocycles. The molecule has 1 atom stereocenters. The van der Waals surface area contributed by atoms with Crippen LogP contribution >= 0.6 is 0 Å². The van der Waals surface area contributed by atoms with Gasteiger partial charge in [-0.2, -0.15) is 0 Å². The number of hydrogen-bond donors (Lipinski definition) is 2. The molecule has 0 aliphatic carbocycles. The summed E-state index contributed by atoms with van der Waals surface area (Å²) in [6.45, 7) is 15.5. The van der Waals surface area contributed by atoms with Crippen LogP contribution in [0, 0.1) is 5.92 Å². The molecule has 0 bridgehead atoms. The van der Waals surface area contributed by atoms with Crippen molar-refractivity contribution in [2.75, 3.05) is 32.7 Å². The summed E-state index contributed by atoms with van der Waals surface area (Å²) in [6.07, 6.45) is 3.69. The first kappa shape index (κ1) is 22.7. The Morgan fingerprint density at radius 1 is 1.07 bits per heavy atom. The van der Waals surface area contributed by atoms with Crippen molar-refractivity contribution in [3.05, 3.63) is 35.4 Å². The molecule has 2 rings (SSSR count). The van der Waals surface area contributed by atoms with Crippen LogP contribution in [0.2, 0.25) is 0 Å². The lowest BCUT2D eigenvalue weighted by molar-refractivity contribution is 0.184. The van der Waals surface area contributed by atoms with Crippen LogP contribution in [-0.4, -0.2) is 54.6 Å². The Bertz CT molecular complexity index is 580. The van der Waals surface area contributed by atoms with Crippen LogP contribution < -0.4 is 10.6 Å². The van der Waals surface area contributed by atoms with Gasteiger partial charge in [0.15, 0.2) is 0 Å². The van der Waals surface area contributed by atoms with E-state index in [1.165, 1.54) is 37.1 Å². The Kier molecular flexibility index (Phi) is 9.79. The van der Waals surface area contributed by atoms with E-state index in [0.29, 0.717) is 25.0 Å². The van der Waals surface area contributed by atoms with Crippen LogP contribution in [0.1, 0.15) is 58.1 Å². The summed E-state index contributed by atoms with van der Waals surface area (Å²) >= 11 is 0. The molecule has 0 spiro atoms. The highest BCUT2D eigenvalue weighted by Crippen LogP contribution is 2.16. The van der Waals surface area contributed by atoms with E-state index in [-0.39, 0.29) is 6.03 Å². The summed E-state index contributed by atoms with van der Waals surface area (Å²) in [5, 5.41) is 6.16. The molecule has 0 saturated carbocycles. The summed E-state index contributed by atoms with van der Waals surface area (Å²) < 4.78 is 0. The smallest absolute Gasteiger partial charge is 0.315 e. The van der Waals surface area contributed by atoms with Gasteiger partial charge in [0.05, 0.1) is 0 Å². The van der Waals surface area contributed by atoms with Gasteiger partial charge >= 0.3 is 6.03 Å². The second kappa shape index (κ2) is 12.1. The Hall–Kier alpha value is -1.59. The van der Waals surface area contributed by atoms with Gasteiger partial charge in [0, 0.05) is 25.7 Å². The fourth-order valence-electron chi connectivity index (χ4n) is 4.16. The molecule has 1 fully saturated rings. The molecule has 1 aliphatic heterocycles. The molecule has 2 N–H and O–H groups in total. The van der Waals surface area contributed by atoms with Crippen molar-refractivity contribution in [2.45, 2.75) is 66.1 Å². The standard InChI is InChI=1S/C23H40N4O/c1-5-27(6-2)22(15-19(3)4)17-25-23(28)24-16-20-11-7-8-12-21(20)18-26-13-9-10-14-26/h7-8,11-12,19,22H,5-6,9-10,13-18H2,1-4H3,(H2,24,25,28). The number of rotatable bonds is 11. The zero-order valence-electron chi connectivity index (χ0n) is 18.3. The third-order valence-electron chi connectivity index (χ3n) is 5.72. The number of carbonyl (C=O) groups excluding carboxylic acids is 1. The lowest BCUT2D eigenvalue weighted by atomic mass is 10.0. The summed E-state index contributed by atoms with van der Waals surface area (Å²) in [5.74, 6) is 0.618. The van der Waals surface area contributed by atoms with E-state index in [2.05, 4.69) is 72.4 Å². The van der Waals surface area contributed by atoms with Crippen molar-refractivity contribution >= 4 is 6.03 Å². The highest BCUT2D eigenvalue weighted by molar-refractivity contribution is 5.73. The fourth-order valence-corrected chi connectivity index (χ4v) is 4.16. The average molecular weight is 389 g/mol. The molecule has 28 heavy (non-hydrogen) atoms. The van der Waals surface area contributed by atoms with Crippen molar-refractivity contribution in [2.24, 2.45) is 5.92 Å². The molecule has 0 radical (unpaired) electrons. The van der Waals surface area contributed by atoms with Gasteiger partial charge in [-0.25, -0.2) is 4.79 Å². The van der Waals surface area contributed by atoms with Crippen LogP contribution in [0.15, 0.2) is 24.3 Å². The second-order valence-corrected chi connectivity index (χ2v) is 8.32. The van der Waals surface area contributed by atoms with Gasteiger partial charge in [-0.15, -0.1) is 0 Å². The van der Waals surface area contributed by atoms with Crippen LogP contribution in [0.5, 0.6) is 0 Å². The molecule has 1 unspecified atom stereocenters. The van der Waals surface area contributed by atoms with E-state index in [9.17, 15) is 4.79 Å². The van der Waals surface area contributed by atoms with Crippen molar-refractivity contribution in [3.63, 3.8) is 0 Å². The summed E-state index contributed by atoms with van der Waals surface area (Å²) in [4.78, 5) is 17.3. The molecule has 0 aromatic heterocycles. The predicted octanol–water partition coefficient (Wildman–Crippen LogP) is 3.84. The van der Waals surface area contributed by atoms with E-state index in [4.69, 9.17) is 0 Å². The maximum atomic E-state index is 12.4. The lowest BCUT2D eigenvalue weighted by Crippen LogP contribution is -2.47. The van der Waals surface area contributed by atoms with Gasteiger partial charge in [0.25, 0.3) is 0 Å². The zero-order valence-corrected chi connectivity index (χ0v) is 18.3. The van der Waals surface area contributed by atoms with E-state index >= 15 is 0 Å². The minimum atomic E-state index is -0.0723. The molecule has 5 heteroatoms. The predicted molar refractivity (Wildman–Crippen MR) is 117 cm³/mol. The minimum Gasteiger partial charge on any atom is -0.337 e. The Morgan fingerprint density at radius 2 is 1.71 bits per heavy atom. The lowest BCUT2D eigenvalue weighted by Gasteiger charge is -2.31. The highest BCUT2D eigenvalue weighted by Gasteiger charge is 2.18. The topological polar surface area (TPSA) is 47.6 Å². The molecule has 158 valence electrons. The number of nitrogens with one attached hydrogen (secondary N) is 2. The zero-order chi connectivity index (χ0) is 20.4. The first-order valence-electron chi connectivity index (χ1n) is 11.1. The van der Waals surface area contributed by atoms with Crippen molar-refractivity contribution in [1.82, 2.24) is 20.4 Å². The number of carbonyl (C=O) groups is 1. The third-order valence-corrected chi connectivity index (χ3v) is 5.72. The third kappa shape index (κ3) is 7.44. The van der Waals surface area contributed by atoms with Gasteiger partial charge in [-0.3, -0.25) is 9.80 Å². The SMILES string of the molecule is CCN(CC)C(CNC(=O)NCc1ccccc1CN1CCCC1)CC(C)C. The number of amides is 2. The van der Waals surface area contributed by atoms with Crippen molar-refractivity contribution < 1.29 is 4.79 Å². The number of urea groups is 1. The van der Waals surface area contributed by atoms with Gasteiger partial charge in [0.1, 0.15) is 0 Å². The fraction of sp³-hybridized carbons (Fsp3) is 0.696. The maximum absolute atomic E-state index is 12.4. The average Bonchev–Trinajstić information content (AvgIpc) is 3.19. The van der Waals surface area contributed by atoms with Crippen LogP contribution in [0.3, 0.4) is 0 Å². The van der Waals surface area contributed by atoms with Crippen LogP contribution in [0.4, 0.5) is 4.79 Å². The largest absolute Gasteiger partial charge is 0.337 e. The number of likely N-dealkylation sites (N-methyl/N-ethyl adjacent to an activating group) is 1. The van der Waals surface area contributed by atoms with Crippen molar-refractivity contribution in [1.29, 1.82) is 0 Å².